The molecule has 0 unspecified atom stereocenters. The first-order valence-electron chi connectivity index (χ1n) is 4.97. The molecule has 9 heteroatoms. The maximum atomic E-state index is 11.6. The molecule has 102 valence electrons. The van der Waals surface area contributed by atoms with Crippen molar-refractivity contribution in [1.82, 2.24) is 4.83 Å². The van der Waals surface area contributed by atoms with Gasteiger partial charge in [-0.05, 0) is 24.3 Å². The number of benzene rings is 1. The van der Waals surface area contributed by atoms with Crippen LogP contribution in [0.4, 0.5) is 5.69 Å². The Morgan fingerprint density at radius 1 is 1.26 bits per heavy atom. The number of carboxylic acid groups (broad SMARTS) is 1. The molecule has 8 nitrogen and oxygen atoms in total. The van der Waals surface area contributed by atoms with E-state index in [1.165, 1.54) is 31.2 Å². The summed E-state index contributed by atoms with van der Waals surface area (Å²) in [4.78, 5) is 22.6. The zero-order valence-electron chi connectivity index (χ0n) is 9.82. The molecule has 1 rings (SSSR count). The Hall–Kier alpha value is -2.42. The van der Waals surface area contributed by atoms with Gasteiger partial charge in [-0.1, -0.05) is 0 Å². The largest absolute Gasteiger partial charge is 0.477 e. The Morgan fingerprint density at radius 2 is 1.84 bits per heavy atom. The van der Waals surface area contributed by atoms with Crippen molar-refractivity contribution in [3.8, 4) is 0 Å². The van der Waals surface area contributed by atoms with Gasteiger partial charge in [-0.2, -0.15) is 18.4 Å². The first-order valence-corrected chi connectivity index (χ1v) is 6.45. The van der Waals surface area contributed by atoms with Crippen LogP contribution in [0.5, 0.6) is 0 Å². The highest BCUT2D eigenvalue weighted by atomic mass is 32.2. The second kappa shape index (κ2) is 5.96. The molecule has 0 saturated heterocycles. The van der Waals surface area contributed by atoms with Gasteiger partial charge in [-0.15, -0.1) is 0 Å². The number of carbonyl (C=O) groups is 2. The Labute approximate surface area is 109 Å². The Morgan fingerprint density at radius 3 is 2.32 bits per heavy atom. The van der Waals surface area contributed by atoms with Crippen LogP contribution < -0.4 is 10.1 Å². The van der Waals surface area contributed by atoms with E-state index in [4.69, 9.17) is 5.11 Å². The topological polar surface area (TPSA) is 125 Å². The summed E-state index contributed by atoms with van der Waals surface area (Å²) in [5.41, 5.74) is 0.445. The van der Waals surface area contributed by atoms with E-state index in [-0.39, 0.29) is 10.8 Å². The second-order valence-electron chi connectivity index (χ2n) is 3.40. The highest BCUT2D eigenvalue weighted by molar-refractivity contribution is 7.89. The number of anilines is 1. The van der Waals surface area contributed by atoms with Gasteiger partial charge in [0.05, 0.1) is 4.90 Å². The third-order valence-electron chi connectivity index (χ3n) is 1.83. The molecule has 0 fully saturated rings. The Balaban J connectivity index is 2.84. The fraction of sp³-hybridized carbons (Fsp3) is 0.100. The lowest BCUT2D eigenvalue weighted by molar-refractivity contribution is -0.128. The summed E-state index contributed by atoms with van der Waals surface area (Å²) < 4.78 is 23.3. The lowest BCUT2D eigenvalue weighted by atomic mass is 10.3. The van der Waals surface area contributed by atoms with Crippen LogP contribution in [-0.4, -0.2) is 31.6 Å². The fourth-order valence-corrected chi connectivity index (χ4v) is 1.92. The van der Waals surface area contributed by atoms with E-state index in [0.717, 1.165) is 0 Å². The third kappa shape index (κ3) is 4.76. The molecule has 3 N–H and O–H groups in total. The third-order valence-corrected chi connectivity index (χ3v) is 3.07. The van der Waals surface area contributed by atoms with E-state index >= 15 is 0 Å². The summed E-state index contributed by atoms with van der Waals surface area (Å²) >= 11 is 0. The van der Waals surface area contributed by atoms with Crippen LogP contribution >= 0.6 is 0 Å². The molecule has 1 amide bonds. The minimum absolute atomic E-state index is 0.107. The molecule has 0 saturated carbocycles. The maximum Gasteiger partial charge on any atom is 0.348 e. The van der Waals surface area contributed by atoms with Crippen LogP contribution in [0.1, 0.15) is 6.92 Å². The number of sulfonamides is 1. The summed E-state index contributed by atoms with van der Waals surface area (Å²) in [6.45, 7) is 1.33. The molecule has 1 aromatic rings. The molecule has 0 bridgehead atoms. The van der Waals surface area contributed by atoms with Gasteiger partial charge < -0.3 is 10.4 Å². The van der Waals surface area contributed by atoms with Crippen LogP contribution in [0.3, 0.4) is 0 Å². The number of hydrogen-bond acceptors (Lipinski definition) is 5. The quantitative estimate of drug-likeness (QED) is 0.518. The average Bonchev–Trinajstić information content (AvgIpc) is 2.28. The van der Waals surface area contributed by atoms with Gasteiger partial charge in [0, 0.05) is 12.6 Å². The normalized spacial score (nSPS) is 11.2. The Bertz CT molecular complexity index is 607. The molecule has 0 spiro atoms. The lowest BCUT2D eigenvalue weighted by Crippen LogP contribution is -2.19. The Kier molecular flexibility index (Phi) is 4.59. The summed E-state index contributed by atoms with van der Waals surface area (Å²) in [6.07, 6.45) is 0.420. The molecule has 0 radical (unpaired) electrons. The predicted molar refractivity (Wildman–Crippen MR) is 67.2 cm³/mol. The van der Waals surface area contributed by atoms with Gasteiger partial charge >= 0.3 is 5.97 Å². The van der Waals surface area contributed by atoms with Gasteiger partial charge in [0.1, 0.15) is 6.21 Å². The predicted octanol–water partition coefficient (Wildman–Crippen LogP) is -0.00630. The van der Waals surface area contributed by atoms with E-state index in [2.05, 4.69) is 10.4 Å². The summed E-state index contributed by atoms with van der Waals surface area (Å²) in [7, 11) is -3.93. The van der Waals surface area contributed by atoms with Crippen molar-refractivity contribution in [3.05, 3.63) is 24.3 Å². The minimum atomic E-state index is -3.93. The molecule has 1 aromatic carbocycles. The van der Waals surface area contributed by atoms with E-state index in [1.807, 2.05) is 0 Å². The SMILES string of the molecule is CC(=O)Nc1ccc(S(=O)(=O)NN=CC(=O)O)cc1. The van der Waals surface area contributed by atoms with Crippen molar-refractivity contribution in [1.29, 1.82) is 0 Å². The van der Waals surface area contributed by atoms with Crippen LogP contribution in [0, 0.1) is 0 Å². The summed E-state index contributed by atoms with van der Waals surface area (Å²) in [5.74, 6) is -1.65. The van der Waals surface area contributed by atoms with E-state index in [0.29, 0.717) is 11.9 Å². The van der Waals surface area contributed by atoms with E-state index < -0.39 is 16.0 Å². The van der Waals surface area contributed by atoms with E-state index in [1.54, 1.807) is 4.83 Å². The van der Waals surface area contributed by atoms with Gasteiger partial charge in [0.15, 0.2) is 0 Å². The van der Waals surface area contributed by atoms with Crippen molar-refractivity contribution in [2.45, 2.75) is 11.8 Å². The zero-order chi connectivity index (χ0) is 14.5. The van der Waals surface area contributed by atoms with Gasteiger partial charge in [-0.25, -0.2) is 4.79 Å². The minimum Gasteiger partial charge on any atom is -0.477 e. The first kappa shape index (κ1) is 14.6. The molecule has 0 aliphatic heterocycles. The van der Waals surface area contributed by atoms with Crippen LogP contribution in [0.25, 0.3) is 0 Å². The number of nitrogens with one attached hydrogen (secondary N) is 2. The molecular formula is C10H11N3O5S. The number of aliphatic carboxylic acids is 1. The van der Waals surface area contributed by atoms with Crippen LogP contribution in [0.2, 0.25) is 0 Å². The number of nitrogens with zero attached hydrogens (tertiary/aromatic N) is 1. The molecular weight excluding hydrogens is 274 g/mol. The molecule has 0 aliphatic carbocycles. The van der Waals surface area contributed by atoms with Crippen molar-refractivity contribution < 1.29 is 23.1 Å². The lowest BCUT2D eigenvalue weighted by Gasteiger charge is -2.05. The van der Waals surface area contributed by atoms with Crippen molar-refractivity contribution in [2.75, 3.05) is 5.32 Å². The van der Waals surface area contributed by atoms with E-state index in [9.17, 15) is 18.0 Å². The molecule has 0 heterocycles. The second-order valence-corrected chi connectivity index (χ2v) is 5.06. The molecule has 0 atom stereocenters. The summed E-state index contributed by atoms with van der Waals surface area (Å²) in [5, 5.41) is 13.8. The van der Waals surface area contributed by atoms with Gasteiger partial charge in [-0.3, -0.25) is 4.79 Å². The van der Waals surface area contributed by atoms with Gasteiger partial charge in [0.2, 0.25) is 5.91 Å². The monoisotopic (exact) mass is 285 g/mol. The van der Waals surface area contributed by atoms with Crippen LogP contribution in [0.15, 0.2) is 34.3 Å². The average molecular weight is 285 g/mol. The smallest absolute Gasteiger partial charge is 0.348 e. The highest BCUT2D eigenvalue weighted by Crippen LogP contribution is 2.13. The number of carbonyl (C=O) groups excluding carboxylic acids is 1. The number of hydrogen-bond donors (Lipinski definition) is 3. The van der Waals surface area contributed by atoms with Crippen molar-refractivity contribution in [2.24, 2.45) is 5.10 Å². The van der Waals surface area contributed by atoms with Crippen LogP contribution in [-0.2, 0) is 19.6 Å². The number of hydrazone groups is 1. The molecule has 19 heavy (non-hydrogen) atoms. The number of rotatable bonds is 5. The standard InChI is InChI=1S/C10H11N3O5S/c1-7(14)12-8-2-4-9(5-3-8)19(17,18)13-11-6-10(15)16/h2-6,13H,1H3,(H,12,14)(H,15,16). The number of amides is 1. The fourth-order valence-electron chi connectivity index (χ4n) is 1.12. The summed E-state index contributed by atoms with van der Waals surface area (Å²) in [6, 6.07) is 5.31. The highest BCUT2D eigenvalue weighted by Gasteiger charge is 2.12. The van der Waals surface area contributed by atoms with Crippen molar-refractivity contribution in [3.63, 3.8) is 0 Å². The number of carboxylic acids is 1. The van der Waals surface area contributed by atoms with Gasteiger partial charge in [0.25, 0.3) is 10.0 Å². The molecule has 0 aliphatic rings. The van der Waals surface area contributed by atoms with Crippen molar-refractivity contribution >= 4 is 33.8 Å². The zero-order valence-corrected chi connectivity index (χ0v) is 10.6. The first-order chi connectivity index (χ1) is 8.81. The molecule has 0 aromatic heterocycles. The maximum absolute atomic E-state index is 11.6.